The Labute approximate surface area is 106 Å². The van der Waals surface area contributed by atoms with Gasteiger partial charge < -0.3 is 5.11 Å². The van der Waals surface area contributed by atoms with Crippen LogP contribution in [0.25, 0.3) is 0 Å². The maximum absolute atomic E-state index is 10.9. The van der Waals surface area contributed by atoms with Crippen molar-refractivity contribution < 1.29 is 19.7 Å². The Bertz CT molecular complexity index is 509. The number of benzene rings is 1. The van der Waals surface area contributed by atoms with Gasteiger partial charge in [-0.3, -0.25) is 30.4 Å². The van der Waals surface area contributed by atoms with Crippen LogP contribution in [-0.2, 0) is 11.2 Å². The largest absolute Gasteiger partial charge is 0.497 e. The molecular weight excluding hydrogens is 260 g/mol. The number of hydrogen-bond donors (Lipinski definition) is 3. The van der Waals surface area contributed by atoms with Crippen LogP contribution in [-0.4, -0.2) is 20.9 Å². The highest BCUT2D eigenvalue weighted by molar-refractivity contribution is 5.75. The van der Waals surface area contributed by atoms with Crippen molar-refractivity contribution in [1.29, 1.82) is 0 Å². The first kappa shape index (κ1) is 14.3. The van der Waals surface area contributed by atoms with E-state index in [0.29, 0.717) is 0 Å². The SMILES string of the molecule is NNC(=O)CCc1cc([N+](=O)[O-])c(O)c([N+](=O)[O-])c1. The van der Waals surface area contributed by atoms with Gasteiger partial charge in [0, 0.05) is 18.6 Å². The summed E-state index contributed by atoms with van der Waals surface area (Å²) in [4.78, 5) is 30.4. The van der Waals surface area contributed by atoms with Crippen molar-refractivity contribution in [3.05, 3.63) is 37.9 Å². The Morgan fingerprint density at radius 1 is 1.26 bits per heavy atom. The average Bonchev–Trinajstić information content (AvgIpc) is 2.36. The molecule has 10 heteroatoms. The van der Waals surface area contributed by atoms with Gasteiger partial charge in [-0.05, 0) is 12.0 Å². The van der Waals surface area contributed by atoms with Gasteiger partial charge >= 0.3 is 11.4 Å². The van der Waals surface area contributed by atoms with Crippen molar-refractivity contribution >= 4 is 17.3 Å². The molecule has 1 aromatic rings. The minimum atomic E-state index is -1.01. The highest BCUT2D eigenvalue weighted by atomic mass is 16.6. The smallest absolute Gasteiger partial charge is 0.318 e. The van der Waals surface area contributed by atoms with Gasteiger partial charge in [-0.25, -0.2) is 5.84 Å². The van der Waals surface area contributed by atoms with Crippen molar-refractivity contribution in [3.8, 4) is 5.75 Å². The Morgan fingerprint density at radius 3 is 2.11 bits per heavy atom. The molecule has 4 N–H and O–H groups in total. The predicted molar refractivity (Wildman–Crippen MR) is 62.1 cm³/mol. The monoisotopic (exact) mass is 270 g/mol. The van der Waals surface area contributed by atoms with Crippen LogP contribution >= 0.6 is 0 Å². The highest BCUT2D eigenvalue weighted by Crippen LogP contribution is 2.36. The normalized spacial score (nSPS) is 9.95. The van der Waals surface area contributed by atoms with E-state index in [1.165, 1.54) is 0 Å². The molecule has 0 aliphatic rings. The van der Waals surface area contributed by atoms with E-state index in [9.17, 15) is 30.1 Å². The lowest BCUT2D eigenvalue weighted by molar-refractivity contribution is -0.396. The fraction of sp³-hybridized carbons (Fsp3) is 0.222. The summed E-state index contributed by atoms with van der Waals surface area (Å²) in [5, 5.41) is 30.7. The van der Waals surface area contributed by atoms with Gasteiger partial charge in [0.15, 0.2) is 0 Å². The standard InChI is InChI=1S/C9H10N4O6/c10-11-8(14)2-1-5-3-6(12(16)17)9(15)7(4-5)13(18)19/h3-4,15H,1-2,10H2,(H,11,14). The quantitative estimate of drug-likeness (QED) is 0.296. The number of hydrazine groups is 1. The summed E-state index contributed by atoms with van der Waals surface area (Å²) in [6.45, 7) is 0. The summed E-state index contributed by atoms with van der Waals surface area (Å²) < 4.78 is 0. The van der Waals surface area contributed by atoms with Crippen LogP contribution in [0.15, 0.2) is 12.1 Å². The van der Waals surface area contributed by atoms with Crippen LogP contribution in [0, 0.1) is 20.2 Å². The minimum absolute atomic E-state index is 0.0188. The summed E-state index contributed by atoms with van der Waals surface area (Å²) in [5.74, 6) is 3.33. The Kier molecular flexibility index (Phi) is 4.32. The number of amides is 1. The van der Waals surface area contributed by atoms with Crippen molar-refractivity contribution in [3.63, 3.8) is 0 Å². The molecule has 0 fully saturated rings. The second-order valence-electron chi connectivity index (χ2n) is 3.56. The van der Waals surface area contributed by atoms with Crippen LogP contribution in [0.5, 0.6) is 5.75 Å². The summed E-state index contributed by atoms with van der Waals surface area (Å²) in [6.07, 6.45) is -0.0689. The van der Waals surface area contributed by atoms with E-state index in [0.717, 1.165) is 12.1 Å². The predicted octanol–water partition coefficient (Wildman–Crippen LogP) is 0.131. The molecule has 1 aromatic carbocycles. The number of carbonyl (C=O) groups is 1. The van der Waals surface area contributed by atoms with Crippen LogP contribution < -0.4 is 11.3 Å². The number of nitrogens with two attached hydrogens (primary N) is 1. The number of aromatic hydroxyl groups is 1. The lowest BCUT2D eigenvalue weighted by Crippen LogP contribution is -2.30. The Balaban J connectivity index is 3.15. The van der Waals surface area contributed by atoms with Gasteiger partial charge in [-0.1, -0.05) is 0 Å². The fourth-order valence-electron chi connectivity index (χ4n) is 1.41. The zero-order chi connectivity index (χ0) is 14.6. The van der Waals surface area contributed by atoms with Crippen molar-refractivity contribution in [1.82, 2.24) is 5.43 Å². The third-order valence-electron chi connectivity index (χ3n) is 2.32. The number of nitrogens with zero attached hydrogens (tertiary/aromatic N) is 2. The average molecular weight is 270 g/mol. The molecule has 0 radical (unpaired) electrons. The van der Waals surface area contributed by atoms with Gasteiger partial charge in [-0.2, -0.15) is 0 Å². The summed E-state index contributed by atoms with van der Waals surface area (Å²) in [6, 6.07) is 1.96. The molecule has 0 aliphatic carbocycles. The first-order valence-electron chi connectivity index (χ1n) is 5.01. The van der Waals surface area contributed by atoms with Crippen molar-refractivity contribution in [2.24, 2.45) is 5.84 Å². The highest BCUT2D eigenvalue weighted by Gasteiger charge is 2.26. The van der Waals surface area contributed by atoms with Gasteiger partial charge in [0.05, 0.1) is 9.85 Å². The van der Waals surface area contributed by atoms with Gasteiger partial charge in [0.1, 0.15) is 0 Å². The molecule has 0 aromatic heterocycles. The Morgan fingerprint density at radius 2 is 1.74 bits per heavy atom. The fourth-order valence-corrected chi connectivity index (χ4v) is 1.41. The molecule has 0 spiro atoms. The van der Waals surface area contributed by atoms with Gasteiger partial charge in [-0.15, -0.1) is 0 Å². The van der Waals surface area contributed by atoms with E-state index in [1.807, 2.05) is 5.43 Å². The molecule has 0 unspecified atom stereocenters. The van der Waals surface area contributed by atoms with Gasteiger partial charge in [0.25, 0.3) is 5.75 Å². The van der Waals surface area contributed by atoms with Crippen molar-refractivity contribution in [2.45, 2.75) is 12.8 Å². The number of nitro groups is 2. The summed E-state index contributed by atoms with van der Waals surface area (Å²) >= 11 is 0. The summed E-state index contributed by atoms with van der Waals surface area (Å²) in [7, 11) is 0. The molecule has 1 rings (SSSR count). The molecule has 0 saturated heterocycles. The van der Waals surface area contributed by atoms with Crippen molar-refractivity contribution in [2.75, 3.05) is 0 Å². The Hall–Kier alpha value is -2.75. The lowest BCUT2D eigenvalue weighted by atomic mass is 10.1. The second kappa shape index (κ2) is 5.73. The zero-order valence-corrected chi connectivity index (χ0v) is 9.53. The molecule has 1 amide bonds. The van der Waals surface area contributed by atoms with Gasteiger partial charge in [0.2, 0.25) is 5.91 Å². The number of rotatable bonds is 5. The molecule has 0 bridgehead atoms. The molecule has 102 valence electrons. The first-order valence-corrected chi connectivity index (χ1v) is 5.01. The zero-order valence-electron chi connectivity index (χ0n) is 9.53. The number of nitrogens with one attached hydrogen (secondary N) is 1. The molecular formula is C9H10N4O6. The molecule has 0 saturated carbocycles. The molecule has 0 atom stereocenters. The van der Waals surface area contributed by atoms with E-state index in [-0.39, 0.29) is 18.4 Å². The van der Waals surface area contributed by atoms with Crippen LogP contribution in [0.3, 0.4) is 0 Å². The minimum Gasteiger partial charge on any atom is -0.497 e. The second-order valence-corrected chi connectivity index (χ2v) is 3.56. The van der Waals surface area contributed by atoms with E-state index in [1.54, 1.807) is 0 Å². The van der Waals surface area contributed by atoms with E-state index >= 15 is 0 Å². The molecule has 19 heavy (non-hydrogen) atoms. The number of carbonyl (C=O) groups excluding carboxylic acids is 1. The van der Waals surface area contributed by atoms with Crippen LogP contribution in [0.4, 0.5) is 11.4 Å². The van der Waals surface area contributed by atoms with E-state index in [2.05, 4.69) is 0 Å². The number of hydrogen-bond acceptors (Lipinski definition) is 7. The molecule has 10 nitrogen and oxygen atoms in total. The maximum atomic E-state index is 10.9. The molecule has 0 heterocycles. The van der Waals surface area contributed by atoms with E-state index in [4.69, 9.17) is 5.84 Å². The van der Waals surface area contributed by atoms with Crippen LogP contribution in [0.2, 0.25) is 0 Å². The maximum Gasteiger partial charge on any atom is 0.318 e. The first-order chi connectivity index (χ1) is 8.86. The number of phenols is 1. The number of phenolic OH excluding ortho intramolecular Hbond substituents is 1. The van der Waals surface area contributed by atoms with E-state index < -0.39 is 32.9 Å². The lowest BCUT2D eigenvalue weighted by Gasteiger charge is -2.03. The number of nitro benzene ring substituents is 2. The topological polar surface area (TPSA) is 162 Å². The molecule has 0 aliphatic heterocycles. The van der Waals surface area contributed by atoms with Crippen LogP contribution in [0.1, 0.15) is 12.0 Å². The third-order valence-corrected chi connectivity index (χ3v) is 2.32. The number of aryl methyl sites for hydroxylation is 1. The third kappa shape index (κ3) is 3.35. The summed E-state index contributed by atoms with van der Waals surface area (Å²) in [5.41, 5.74) is 0.485.